The lowest BCUT2D eigenvalue weighted by Crippen LogP contribution is -2.31. The average molecular weight is 328 g/mol. The highest BCUT2D eigenvalue weighted by Crippen LogP contribution is 2.15. The Morgan fingerprint density at radius 3 is 2.63 bits per heavy atom. The molecule has 1 amide bonds. The fourth-order valence-corrected chi connectivity index (χ4v) is 1.50. The second-order valence-electron chi connectivity index (χ2n) is 4.10. The van der Waals surface area contributed by atoms with Crippen LogP contribution in [0.5, 0.6) is 5.75 Å². The summed E-state index contributed by atoms with van der Waals surface area (Å²) in [6, 6.07) is 7.32. The van der Waals surface area contributed by atoms with E-state index in [1.165, 1.54) is 0 Å². The van der Waals surface area contributed by atoms with Crippen molar-refractivity contribution in [1.29, 1.82) is 0 Å². The van der Waals surface area contributed by atoms with Gasteiger partial charge in [0.15, 0.2) is 6.61 Å². The highest BCUT2D eigenvalue weighted by molar-refractivity contribution is 9.10. The summed E-state index contributed by atoms with van der Waals surface area (Å²) < 4.78 is 11.6. The lowest BCUT2D eigenvalue weighted by atomic mass is 10.3. The summed E-state index contributed by atoms with van der Waals surface area (Å²) in [4.78, 5) is 11.5. The molecule has 1 N–H and O–H groups in total. The third-order valence-corrected chi connectivity index (χ3v) is 2.63. The van der Waals surface area contributed by atoms with Crippen LogP contribution < -0.4 is 10.1 Å². The molecule has 0 saturated carbocycles. The van der Waals surface area contributed by atoms with Crippen molar-refractivity contribution in [3.05, 3.63) is 40.9 Å². The van der Waals surface area contributed by atoms with Crippen LogP contribution in [0.2, 0.25) is 0 Å². The minimum atomic E-state index is -0.165. The second-order valence-corrected chi connectivity index (χ2v) is 5.02. The van der Waals surface area contributed by atoms with Gasteiger partial charge in [-0.15, -0.1) is 0 Å². The zero-order valence-corrected chi connectivity index (χ0v) is 12.5. The first kappa shape index (κ1) is 15.7. The molecule has 0 bridgehead atoms. The molecule has 0 aromatic heterocycles. The van der Waals surface area contributed by atoms with Gasteiger partial charge >= 0.3 is 0 Å². The molecule has 19 heavy (non-hydrogen) atoms. The van der Waals surface area contributed by atoms with Crippen LogP contribution in [0.1, 0.15) is 6.92 Å². The molecule has 0 spiro atoms. The summed E-state index contributed by atoms with van der Waals surface area (Å²) in [5, 5.41) is 2.71. The van der Waals surface area contributed by atoms with E-state index >= 15 is 0 Å². The van der Waals surface area contributed by atoms with Gasteiger partial charge < -0.3 is 14.8 Å². The van der Waals surface area contributed by atoms with Crippen LogP contribution in [-0.2, 0) is 9.53 Å². The standard InChI is InChI=1S/C14H18BrNO3/c1-11(2)9-18-8-7-16-14(17)10-19-13-5-3-12(15)4-6-13/h3-6H,1,7-10H2,2H3,(H,16,17). The van der Waals surface area contributed by atoms with Crippen molar-refractivity contribution < 1.29 is 14.3 Å². The summed E-state index contributed by atoms with van der Waals surface area (Å²) >= 11 is 3.33. The number of halogens is 1. The molecule has 1 aromatic carbocycles. The van der Waals surface area contributed by atoms with Crippen LogP contribution in [0.3, 0.4) is 0 Å². The number of hydrogen-bond acceptors (Lipinski definition) is 3. The first-order chi connectivity index (χ1) is 9.08. The van der Waals surface area contributed by atoms with E-state index < -0.39 is 0 Å². The molecule has 5 heteroatoms. The average Bonchev–Trinajstić information content (AvgIpc) is 2.37. The molecule has 0 aliphatic heterocycles. The van der Waals surface area contributed by atoms with E-state index in [2.05, 4.69) is 27.8 Å². The van der Waals surface area contributed by atoms with Gasteiger partial charge in [0.05, 0.1) is 13.2 Å². The predicted molar refractivity (Wildman–Crippen MR) is 78.3 cm³/mol. The molecule has 104 valence electrons. The predicted octanol–water partition coefficient (Wildman–Crippen LogP) is 2.54. The van der Waals surface area contributed by atoms with Crippen LogP contribution in [0.25, 0.3) is 0 Å². The van der Waals surface area contributed by atoms with Crippen molar-refractivity contribution >= 4 is 21.8 Å². The van der Waals surface area contributed by atoms with Gasteiger partial charge in [-0.05, 0) is 31.2 Å². The Morgan fingerprint density at radius 1 is 1.32 bits per heavy atom. The minimum Gasteiger partial charge on any atom is -0.484 e. The molecule has 1 rings (SSSR count). The number of rotatable bonds is 8. The third-order valence-electron chi connectivity index (χ3n) is 2.10. The number of benzene rings is 1. The molecule has 0 aliphatic rings. The van der Waals surface area contributed by atoms with Crippen LogP contribution in [-0.4, -0.2) is 32.3 Å². The largest absolute Gasteiger partial charge is 0.484 e. The Morgan fingerprint density at radius 2 is 2.00 bits per heavy atom. The molecule has 0 aliphatic carbocycles. The quantitative estimate of drug-likeness (QED) is 0.589. The van der Waals surface area contributed by atoms with Gasteiger partial charge in [-0.25, -0.2) is 0 Å². The Hall–Kier alpha value is -1.33. The van der Waals surface area contributed by atoms with E-state index in [1.54, 1.807) is 12.1 Å². The van der Waals surface area contributed by atoms with Crippen LogP contribution in [0.15, 0.2) is 40.9 Å². The Balaban J connectivity index is 2.11. The topological polar surface area (TPSA) is 47.6 Å². The van der Waals surface area contributed by atoms with Gasteiger partial charge in [0.2, 0.25) is 0 Å². The Labute approximate surface area is 121 Å². The van der Waals surface area contributed by atoms with Crippen LogP contribution in [0, 0.1) is 0 Å². The van der Waals surface area contributed by atoms with Crippen molar-refractivity contribution in [3.8, 4) is 5.75 Å². The summed E-state index contributed by atoms with van der Waals surface area (Å²) in [6.07, 6.45) is 0. The van der Waals surface area contributed by atoms with Crippen molar-refractivity contribution in [2.75, 3.05) is 26.4 Å². The maximum absolute atomic E-state index is 11.5. The third kappa shape index (κ3) is 7.64. The molecule has 4 nitrogen and oxygen atoms in total. The fourth-order valence-electron chi connectivity index (χ4n) is 1.24. The van der Waals surface area contributed by atoms with Crippen molar-refractivity contribution in [2.24, 2.45) is 0 Å². The zero-order valence-electron chi connectivity index (χ0n) is 10.9. The SMILES string of the molecule is C=C(C)COCCNC(=O)COc1ccc(Br)cc1. The van der Waals surface area contributed by atoms with E-state index in [0.29, 0.717) is 25.5 Å². The van der Waals surface area contributed by atoms with E-state index in [-0.39, 0.29) is 12.5 Å². The molecule has 0 atom stereocenters. The van der Waals surface area contributed by atoms with E-state index in [4.69, 9.17) is 9.47 Å². The Kier molecular flexibility index (Phi) is 7.22. The van der Waals surface area contributed by atoms with Gasteiger partial charge in [-0.3, -0.25) is 4.79 Å². The normalized spacial score (nSPS) is 10.0. The molecular formula is C14H18BrNO3. The van der Waals surface area contributed by atoms with Gasteiger partial charge in [0, 0.05) is 11.0 Å². The lowest BCUT2D eigenvalue weighted by Gasteiger charge is -2.08. The number of amides is 1. The number of ether oxygens (including phenoxy) is 2. The number of nitrogens with one attached hydrogen (secondary N) is 1. The summed E-state index contributed by atoms with van der Waals surface area (Å²) in [5.41, 5.74) is 0.963. The monoisotopic (exact) mass is 327 g/mol. The number of carbonyl (C=O) groups excluding carboxylic acids is 1. The molecule has 0 saturated heterocycles. The van der Waals surface area contributed by atoms with E-state index in [1.807, 2.05) is 19.1 Å². The smallest absolute Gasteiger partial charge is 0.258 e. The summed E-state index contributed by atoms with van der Waals surface area (Å²) in [7, 11) is 0. The Bertz CT molecular complexity index is 417. The fraction of sp³-hybridized carbons (Fsp3) is 0.357. The molecule has 0 unspecified atom stereocenters. The number of hydrogen-bond donors (Lipinski definition) is 1. The highest BCUT2D eigenvalue weighted by Gasteiger charge is 2.02. The summed E-state index contributed by atoms with van der Waals surface area (Å²) in [6.45, 7) is 7.07. The second kappa shape index (κ2) is 8.72. The first-order valence-corrected chi connectivity index (χ1v) is 6.74. The maximum Gasteiger partial charge on any atom is 0.258 e. The van der Waals surface area contributed by atoms with Crippen molar-refractivity contribution in [1.82, 2.24) is 5.32 Å². The molecule has 1 aromatic rings. The van der Waals surface area contributed by atoms with Gasteiger partial charge in [-0.1, -0.05) is 28.1 Å². The molecule has 0 heterocycles. The minimum absolute atomic E-state index is 0.00210. The molecule has 0 radical (unpaired) electrons. The van der Waals surface area contributed by atoms with Crippen molar-refractivity contribution in [3.63, 3.8) is 0 Å². The lowest BCUT2D eigenvalue weighted by molar-refractivity contribution is -0.123. The molecular weight excluding hydrogens is 310 g/mol. The summed E-state index contributed by atoms with van der Waals surface area (Å²) in [5.74, 6) is 0.499. The van der Waals surface area contributed by atoms with E-state index in [0.717, 1.165) is 10.0 Å². The number of carbonyl (C=O) groups is 1. The molecule has 0 fully saturated rings. The van der Waals surface area contributed by atoms with Gasteiger partial charge in [0.25, 0.3) is 5.91 Å². The first-order valence-electron chi connectivity index (χ1n) is 5.95. The van der Waals surface area contributed by atoms with Crippen molar-refractivity contribution in [2.45, 2.75) is 6.92 Å². The van der Waals surface area contributed by atoms with Gasteiger partial charge in [-0.2, -0.15) is 0 Å². The highest BCUT2D eigenvalue weighted by atomic mass is 79.9. The zero-order chi connectivity index (χ0) is 14.1. The van der Waals surface area contributed by atoms with Crippen LogP contribution in [0.4, 0.5) is 0 Å². The van der Waals surface area contributed by atoms with E-state index in [9.17, 15) is 4.79 Å². The maximum atomic E-state index is 11.5. The van der Waals surface area contributed by atoms with Crippen LogP contribution >= 0.6 is 15.9 Å². The van der Waals surface area contributed by atoms with Gasteiger partial charge in [0.1, 0.15) is 5.75 Å².